The maximum Gasteiger partial charge on any atom is 0.259 e. The molecule has 7 heteroatoms. The number of hydrazine groups is 1. The van der Waals surface area contributed by atoms with E-state index in [-0.39, 0.29) is 5.56 Å². The summed E-state index contributed by atoms with van der Waals surface area (Å²) in [5.41, 5.74) is 3.71. The van der Waals surface area contributed by atoms with Gasteiger partial charge in [-0.2, -0.15) is 5.26 Å². The van der Waals surface area contributed by atoms with E-state index in [9.17, 15) is 4.79 Å². The zero-order valence-corrected chi connectivity index (χ0v) is 11.3. The smallest absolute Gasteiger partial charge is 0.259 e. The number of anilines is 2. The van der Waals surface area contributed by atoms with Gasteiger partial charge < -0.3 is 15.5 Å². The second-order valence-corrected chi connectivity index (χ2v) is 4.01. The molecule has 0 saturated heterocycles. The van der Waals surface area contributed by atoms with Crippen LogP contribution in [0.1, 0.15) is 15.9 Å². The fraction of sp³-hybridized carbons (Fsp3) is 0.0714. The number of hydrogen-bond donors (Lipinski definition) is 3. The summed E-state index contributed by atoms with van der Waals surface area (Å²) in [5, 5.41) is 11.8. The molecule has 0 fully saturated rings. The van der Waals surface area contributed by atoms with Crippen molar-refractivity contribution in [3.63, 3.8) is 0 Å². The lowest BCUT2D eigenvalue weighted by atomic mass is 10.1. The number of pyridine rings is 1. The molecule has 0 aliphatic rings. The fourth-order valence-corrected chi connectivity index (χ4v) is 1.81. The Labute approximate surface area is 121 Å². The fourth-order valence-electron chi connectivity index (χ4n) is 1.81. The number of aromatic nitrogens is 1. The summed E-state index contributed by atoms with van der Waals surface area (Å²) in [6, 6.07) is 8.49. The van der Waals surface area contributed by atoms with Gasteiger partial charge in [0.05, 0.1) is 23.9 Å². The number of carbonyl (C=O) groups excluding carboxylic acids is 1. The lowest BCUT2D eigenvalue weighted by Gasteiger charge is -2.13. The highest BCUT2D eigenvalue weighted by Gasteiger charge is 2.16. The first-order chi connectivity index (χ1) is 10.2. The van der Waals surface area contributed by atoms with Crippen LogP contribution in [0.5, 0.6) is 5.75 Å². The van der Waals surface area contributed by atoms with Gasteiger partial charge in [-0.25, -0.2) is 0 Å². The molecule has 21 heavy (non-hydrogen) atoms. The topological polar surface area (TPSA) is 113 Å². The molecule has 1 heterocycles. The van der Waals surface area contributed by atoms with Crippen molar-refractivity contribution in [1.82, 2.24) is 4.98 Å². The van der Waals surface area contributed by atoms with Crippen LogP contribution < -0.4 is 21.3 Å². The van der Waals surface area contributed by atoms with E-state index in [1.165, 1.54) is 19.5 Å². The van der Waals surface area contributed by atoms with Crippen molar-refractivity contribution in [2.45, 2.75) is 0 Å². The van der Waals surface area contributed by atoms with E-state index < -0.39 is 5.91 Å². The van der Waals surface area contributed by atoms with Crippen LogP contribution in [0, 0.1) is 11.3 Å². The Morgan fingerprint density at radius 1 is 1.43 bits per heavy atom. The Balaban J connectivity index is 2.39. The molecule has 0 saturated carbocycles. The number of methoxy groups -OCH3 is 1. The summed E-state index contributed by atoms with van der Waals surface area (Å²) < 4.78 is 5.16. The van der Waals surface area contributed by atoms with E-state index in [0.29, 0.717) is 22.7 Å². The molecule has 0 aliphatic heterocycles. The molecule has 0 radical (unpaired) electrons. The summed E-state index contributed by atoms with van der Waals surface area (Å²) in [4.78, 5) is 16.2. The maximum atomic E-state index is 12.3. The third kappa shape index (κ3) is 2.91. The van der Waals surface area contributed by atoms with Crippen LogP contribution in [0.15, 0.2) is 36.7 Å². The van der Waals surface area contributed by atoms with Crippen molar-refractivity contribution in [2.24, 2.45) is 5.84 Å². The lowest BCUT2D eigenvalue weighted by molar-refractivity contribution is 0.102. The number of ether oxygens (including phenoxy) is 1. The Kier molecular flexibility index (Phi) is 4.33. The van der Waals surface area contributed by atoms with Crippen molar-refractivity contribution in [3.8, 4) is 11.8 Å². The van der Waals surface area contributed by atoms with Gasteiger partial charge in [0.25, 0.3) is 5.91 Å². The van der Waals surface area contributed by atoms with Crippen LogP contribution in [-0.4, -0.2) is 18.0 Å². The van der Waals surface area contributed by atoms with E-state index in [1.54, 1.807) is 24.3 Å². The first-order valence-corrected chi connectivity index (χ1v) is 6.00. The number of hydrogen-bond acceptors (Lipinski definition) is 6. The maximum absolute atomic E-state index is 12.3. The normalized spacial score (nSPS) is 9.57. The molecular weight excluding hydrogens is 270 g/mol. The van der Waals surface area contributed by atoms with Gasteiger partial charge in [-0.3, -0.25) is 15.6 Å². The van der Waals surface area contributed by atoms with Gasteiger partial charge in [0, 0.05) is 12.4 Å². The van der Waals surface area contributed by atoms with Crippen molar-refractivity contribution < 1.29 is 9.53 Å². The standard InChI is InChI=1S/C14H13N5O2/c1-21-12-4-2-3-9(7-15)13(12)18-14(20)10-8-17-6-5-11(10)19-16/h2-6,8H,16H2,1H3,(H,17,19)(H,18,20). The number of amides is 1. The Morgan fingerprint density at radius 3 is 2.90 bits per heavy atom. The highest BCUT2D eigenvalue weighted by molar-refractivity contribution is 6.09. The Hall–Kier alpha value is -3.11. The number of para-hydroxylation sites is 1. The van der Waals surface area contributed by atoms with Crippen LogP contribution in [0.25, 0.3) is 0 Å². The number of carbonyl (C=O) groups is 1. The van der Waals surface area contributed by atoms with Gasteiger partial charge in [0.2, 0.25) is 0 Å². The molecule has 2 aromatic rings. The van der Waals surface area contributed by atoms with Crippen LogP contribution in [-0.2, 0) is 0 Å². The van der Waals surface area contributed by atoms with E-state index in [1.807, 2.05) is 6.07 Å². The van der Waals surface area contributed by atoms with Crippen molar-refractivity contribution in [3.05, 3.63) is 47.8 Å². The lowest BCUT2D eigenvalue weighted by Crippen LogP contribution is -2.18. The van der Waals surface area contributed by atoms with E-state index >= 15 is 0 Å². The van der Waals surface area contributed by atoms with Gasteiger partial charge in [0.15, 0.2) is 0 Å². The minimum atomic E-state index is -0.447. The zero-order valence-electron chi connectivity index (χ0n) is 11.3. The summed E-state index contributed by atoms with van der Waals surface area (Å²) >= 11 is 0. The zero-order chi connectivity index (χ0) is 15.2. The van der Waals surface area contributed by atoms with Crippen molar-refractivity contribution >= 4 is 17.3 Å². The average molecular weight is 283 g/mol. The molecule has 0 atom stereocenters. The van der Waals surface area contributed by atoms with Crippen LogP contribution in [0.3, 0.4) is 0 Å². The summed E-state index contributed by atoms with van der Waals surface area (Å²) in [5.74, 6) is 5.31. The van der Waals surface area contributed by atoms with Crippen molar-refractivity contribution in [1.29, 1.82) is 5.26 Å². The minimum Gasteiger partial charge on any atom is -0.495 e. The third-order valence-corrected chi connectivity index (χ3v) is 2.83. The largest absolute Gasteiger partial charge is 0.495 e. The monoisotopic (exact) mass is 283 g/mol. The summed E-state index contributed by atoms with van der Waals surface area (Å²) in [6.45, 7) is 0. The second kappa shape index (κ2) is 6.36. The number of nitrogens with two attached hydrogens (primary N) is 1. The molecule has 0 bridgehead atoms. The SMILES string of the molecule is COc1cccc(C#N)c1NC(=O)c1cnccc1NN. The third-order valence-electron chi connectivity index (χ3n) is 2.83. The van der Waals surface area contributed by atoms with Crippen LogP contribution >= 0.6 is 0 Å². The molecule has 0 spiro atoms. The number of nitriles is 1. The second-order valence-electron chi connectivity index (χ2n) is 4.01. The number of nitrogens with zero attached hydrogens (tertiary/aromatic N) is 2. The molecular formula is C14H13N5O2. The minimum absolute atomic E-state index is 0.259. The molecule has 1 aromatic carbocycles. The quantitative estimate of drug-likeness (QED) is 0.579. The number of benzene rings is 1. The number of rotatable bonds is 4. The number of nitrogen functional groups attached to an aromatic ring is 1. The van der Waals surface area contributed by atoms with Crippen LogP contribution in [0.4, 0.5) is 11.4 Å². The summed E-state index contributed by atoms with van der Waals surface area (Å²) in [6.07, 6.45) is 2.89. The average Bonchev–Trinajstić information content (AvgIpc) is 2.54. The Morgan fingerprint density at radius 2 is 2.24 bits per heavy atom. The molecule has 2 rings (SSSR count). The predicted molar refractivity (Wildman–Crippen MR) is 77.7 cm³/mol. The van der Waals surface area contributed by atoms with Gasteiger partial charge in [-0.1, -0.05) is 6.07 Å². The molecule has 1 aromatic heterocycles. The Bertz CT molecular complexity index is 709. The highest BCUT2D eigenvalue weighted by atomic mass is 16.5. The molecule has 7 nitrogen and oxygen atoms in total. The van der Waals surface area contributed by atoms with E-state index in [0.717, 1.165) is 0 Å². The molecule has 106 valence electrons. The molecule has 4 N–H and O–H groups in total. The first-order valence-electron chi connectivity index (χ1n) is 6.00. The highest BCUT2D eigenvalue weighted by Crippen LogP contribution is 2.28. The van der Waals surface area contributed by atoms with Gasteiger partial charge in [-0.05, 0) is 18.2 Å². The van der Waals surface area contributed by atoms with Crippen LogP contribution in [0.2, 0.25) is 0 Å². The first kappa shape index (κ1) is 14.3. The van der Waals surface area contributed by atoms with E-state index in [2.05, 4.69) is 15.7 Å². The molecule has 0 unspecified atom stereocenters. The van der Waals surface area contributed by atoms with Crippen molar-refractivity contribution in [2.75, 3.05) is 17.9 Å². The molecule has 1 amide bonds. The van der Waals surface area contributed by atoms with E-state index in [4.69, 9.17) is 15.8 Å². The van der Waals surface area contributed by atoms with Gasteiger partial charge >= 0.3 is 0 Å². The van der Waals surface area contributed by atoms with Gasteiger partial charge in [-0.15, -0.1) is 0 Å². The summed E-state index contributed by atoms with van der Waals surface area (Å²) in [7, 11) is 1.46. The number of nitrogens with one attached hydrogen (secondary N) is 2. The molecule has 0 aliphatic carbocycles. The van der Waals surface area contributed by atoms with Gasteiger partial charge in [0.1, 0.15) is 17.5 Å². The predicted octanol–water partition coefficient (Wildman–Crippen LogP) is 1.50.